The maximum atomic E-state index is 13.0. The Morgan fingerprint density at radius 2 is 1.93 bits per heavy atom. The lowest BCUT2D eigenvalue weighted by Crippen LogP contribution is -2.57. The number of aromatic nitrogens is 1. The van der Waals surface area contributed by atoms with Gasteiger partial charge in [-0.15, -0.1) is 0 Å². The van der Waals surface area contributed by atoms with E-state index in [2.05, 4.69) is 26.1 Å². The van der Waals surface area contributed by atoms with Crippen LogP contribution in [-0.4, -0.2) is 53.5 Å². The molecule has 2 aliphatic rings. The van der Waals surface area contributed by atoms with Crippen LogP contribution in [0.3, 0.4) is 0 Å². The quantitative estimate of drug-likeness (QED) is 0.776. The fraction of sp³-hybridized carbons (Fsp3) is 0.750. The monoisotopic (exact) mass is 411 g/mol. The first-order chi connectivity index (χ1) is 13.0. The van der Waals surface area contributed by atoms with E-state index in [0.717, 1.165) is 19.3 Å². The SMILES string of the molecule is C[C@H]1CC(C)(C)C[C@](CO)(NC(=O)c2cc(S(=O)(=O)N3CCCC3)cn2C)C1. The third-order valence-corrected chi connectivity index (χ3v) is 7.92. The van der Waals surface area contributed by atoms with Crippen LogP contribution in [0.15, 0.2) is 17.2 Å². The highest BCUT2D eigenvalue weighted by atomic mass is 32.2. The minimum Gasteiger partial charge on any atom is -0.394 e. The van der Waals surface area contributed by atoms with Gasteiger partial charge in [-0.2, -0.15) is 4.31 Å². The van der Waals surface area contributed by atoms with Crippen LogP contribution < -0.4 is 5.32 Å². The maximum Gasteiger partial charge on any atom is 0.268 e. The molecule has 2 N–H and O–H groups in total. The third kappa shape index (κ3) is 4.14. The molecule has 1 amide bonds. The van der Waals surface area contributed by atoms with Crippen molar-refractivity contribution in [2.24, 2.45) is 18.4 Å². The summed E-state index contributed by atoms with van der Waals surface area (Å²) in [4.78, 5) is 13.2. The highest BCUT2D eigenvalue weighted by molar-refractivity contribution is 7.89. The molecule has 2 atom stereocenters. The molecule has 7 nitrogen and oxygen atoms in total. The van der Waals surface area contributed by atoms with Crippen molar-refractivity contribution in [3.63, 3.8) is 0 Å². The number of amides is 1. The molecule has 28 heavy (non-hydrogen) atoms. The second-order valence-electron chi connectivity index (χ2n) is 9.53. The molecule has 1 aromatic heterocycles. The summed E-state index contributed by atoms with van der Waals surface area (Å²) in [7, 11) is -1.89. The number of nitrogens with one attached hydrogen (secondary N) is 1. The van der Waals surface area contributed by atoms with E-state index in [9.17, 15) is 18.3 Å². The fourth-order valence-electron chi connectivity index (χ4n) is 5.28. The van der Waals surface area contributed by atoms with Crippen LogP contribution in [0.4, 0.5) is 0 Å². The summed E-state index contributed by atoms with van der Waals surface area (Å²) in [6.07, 6.45) is 5.69. The van der Waals surface area contributed by atoms with Gasteiger partial charge in [0.2, 0.25) is 10.0 Å². The Morgan fingerprint density at radius 3 is 2.50 bits per heavy atom. The zero-order chi connectivity index (χ0) is 20.7. The standard InChI is InChI=1S/C20H33N3O4S/c1-15-10-19(2,3)13-20(11-15,14-24)21-18(25)17-9-16(12-22(17)4)28(26,27)23-7-5-6-8-23/h9,12,15,24H,5-8,10-11,13-14H2,1-4H3,(H,21,25)/t15-,20+/m0/s1. The molecule has 1 saturated heterocycles. The number of rotatable bonds is 5. The lowest BCUT2D eigenvalue weighted by molar-refractivity contribution is 0.0331. The summed E-state index contributed by atoms with van der Waals surface area (Å²) in [5, 5.41) is 13.2. The van der Waals surface area contributed by atoms with Crippen molar-refractivity contribution in [1.29, 1.82) is 0 Å². The van der Waals surface area contributed by atoms with Crippen molar-refractivity contribution in [2.75, 3.05) is 19.7 Å². The summed E-state index contributed by atoms with van der Waals surface area (Å²) in [6.45, 7) is 7.38. The minimum absolute atomic E-state index is 0.0200. The molecule has 1 saturated carbocycles. The van der Waals surface area contributed by atoms with Gasteiger partial charge < -0.3 is 15.0 Å². The summed E-state index contributed by atoms with van der Waals surface area (Å²) in [6, 6.07) is 1.45. The Labute approximate surface area is 168 Å². The number of hydrogen-bond acceptors (Lipinski definition) is 4. The van der Waals surface area contributed by atoms with Crippen LogP contribution in [-0.2, 0) is 17.1 Å². The van der Waals surface area contributed by atoms with Crippen LogP contribution in [0.2, 0.25) is 0 Å². The first kappa shape index (κ1) is 21.3. The zero-order valence-electron chi connectivity index (χ0n) is 17.4. The molecule has 1 aromatic rings. The molecular formula is C20H33N3O4S. The number of nitrogens with zero attached hydrogens (tertiary/aromatic N) is 2. The molecule has 2 fully saturated rings. The van der Waals surface area contributed by atoms with Gasteiger partial charge in [0, 0.05) is 26.3 Å². The summed E-state index contributed by atoms with van der Waals surface area (Å²) >= 11 is 0. The van der Waals surface area contributed by atoms with Crippen molar-refractivity contribution >= 4 is 15.9 Å². The van der Waals surface area contributed by atoms with E-state index in [1.165, 1.54) is 16.6 Å². The fourth-order valence-corrected chi connectivity index (χ4v) is 6.87. The van der Waals surface area contributed by atoms with Crippen molar-refractivity contribution in [1.82, 2.24) is 14.2 Å². The first-order valence-corrected chi connectivity index (χ1v) is 11.5. The molecule has 0 radical (unpaired) electrons. The van der Waals surface area contributed by atoms with Crippen LogP contribution in [0.5, 0.6) is 0 Å². The molecule has 8 heteroatoms. The van der Waals surface area contributed by atoms with Gasteiger partial charge in [0.05, 0.1) is 12.1 Å². The van der Waals surface area contributed by atoms with Crippen LogP contribution in [0.25, 0.3) is 0 Å². The van der Waals surface area contributed by atoms with Gasteiger partial charge >= 0.3 is 0 Å². The van der Waals surface area contributed by atoms with Crippen molar-refractivity contribution < 1.29 is 18.3 Å². The number of aryl methyl sites for hydroxylation is 1. The highest BCUT2D eigenvalue weighted by Gasteiger charge is 2.44. The number of carbonyl (C=O) groups is 1. The Hall–Kier alpha value is -1.38. The predicted molar refractivity (Wildman–Crippen MR) is 107 cm³/mol. The van der Waals surface area contributed by atoms with Gasteiger partial charge in [-0.25, -0.2) is 8.42 Å². The topological polar surface area (TPSA) is 91.6 Å². The second-order valence-corrected chi connectivity index (χ2v) is 11.5. The van der Waals surface area contributed by atoms with E-state index in [1.807, 2.05) is 0 Å². The van der Waals surface area contributed by atoms with E-state index >= 15 is 0 Å². The van der Waals surface area contributed by atoms with Gasteiger partial charge in [0.15, 0.2) is 0 Å². The summed E-state index contributed by atoms with van der Waals surface area (Å²) in [5.74, 6) is 0.0417. The Balaban J connectivity index is 1.84. The Kier molecular flexibility index (Phi) is 5.68. The third-order valence-electron chi connectivity index (χ3n) is 6.05. The number of carbonyl (C=O) groups excluding carboxylic acids is 1. The molecule has 0 bridgehead atoms. The zero-order valence-corrected chi connectivity index (χ0v) is 18.2. The van der Waals surface area contributed by atoms with E-state index < -0.39 is 15.6 Å². The van der Waals surface area contributed by atoms with E-state index in [-0.39, 0.29) is 22.8 Å². The first-order valence-electron chi connectivity index (χ1n) is 10.1. The van der Waals surface area contributed by atoms with Gasteiger partial charge in [-0.1, -0.05) is 20.8 Å². The molecule has 3 rings (SSSR count). The molecular weight excluding hydrogens is 378 g/mol. The van der Waals surface area contributed by atoms with E-state index in [0.29, 0.717) is 37.5 Å². The largest absolute Gasteiger partial charge is 0.394 e. The molecule has 158 valence electrons. The smallest absolute Gasteiger partial charge is 0.268 e. The Bertz CT molecular complexity index is 840. The number of sulfonamides is 1. The van der Waals surface area contributed by atoms with Gasteiger partial charge in [-0.05, 0) is 49.5 Å². The Morgan fingerprint density at radius 1 is 1.29 bits per heavy atom. The number of hydrogen-bond donors (Lipinski definition) is 2. The predicted octanol–water partition coefficient (Wildman–Crippen LogP) is 2.12. The van der Waals surface area contributed by atoms with Gasteiger partial charge in [0.1, 0.15) is 10.6 Å². The van der Waals surface area contributed by atoms with E-state index in [1.54, 1.807) is 11.6 Å². The van der Waals surface area contributed by atoms with Gasteiger partial charge in [-0.3, -0.25) is 4.79 Å². The normalized spacial score (nSPS) is 28.4. The van der Waals surface area contributed by atoms with Crippen LogP contribution in [0, 0.1) is 11.3 Å². The molecule has 0 aromatic carbocycles. The van der Waals surface area contributed by atoms with Crippen LogP contribution in [0.1, 0.15) is 63.4 Å². The second kappa shape index (κ2) is 7.46. The molecule has 1 aliphatic heterocycles. The molecule has 2 heterocycles. The van der Waals surface area contributed by atoms with Crippen molar-refractivity contribution in [3.05, 3.63) is 18.0 Å². The minimum atomic E-state index is -3.57. The van der Waals surface area contributed by atoms with Crippen LogP contribution >= 0.6 is 0 Å². The average Bonchev–Trinajstić information content (AvgIpc) is 3.22. The molecule has 1 aliphatic carbocycles. The molecule has 0 unspecified atom stereocenters. The lowest BCUT2D eigenvalue weighted by Gasteiger charge is -2.47. The average molecular weight is 412 g/mol. The van der Waals surface area contributed by atoms with E-state index in [4.69, 9.17) is 0 Å². The highest BCUT2D eigenvalue weighted by Crippen LogP contribution is 2.43. The summed E-state index contributed by atoms with van der Waals surface area (Å²) < 4.78 is 28.6. The summed E-state index contributed by atoms with van der Waals surface area (Å²) in [5.41, 5.74) is -0.371. The van der Waals surface area contributed by atoms with Gasteiger partial charge in [0.25, 0.3) is 5.91 Å². The lowest BCUT2D eigenvalue weighted by atomic mass is 9.64. The molecule has 0 spiro atoms. The number of aliphatic hydroxyl groups excluding tert-OH is 1. The van der Waals surface area contributed by atoms with Crippen molar-refractivity contribution in [3.8, 4) is 0 Å². The van der Waals surface area contributed by atoms with Crippen molar-refractivity contribution in [2.45, 2.75) is 63.3 Å². The maximum absolute atomic E-state index is 13.0. The number of aliphatic hydroxyl groups is 1.